The van der Waals surface area contributed by atoms with Crippen LogP contribution in [0.15, 0.2) is 96.5 Å². The molecule has 0 aliphatic carbocycles. The fraction of sp³-hybridized carbons (Fsp3) is 0. The molecule has 0 fully saturated rings. The zero-order valence-corrected chi connectivity index (χ0v) is 40.0. The average Bonchev–Trinajstić information content (AvgIpc) is 2.98. The number of aromatic nitrogens is 3. The topological polar surface area (TPSA) is 336 Å². The van der Waals surface area contributed by atoms with E-state index in [2.05, 4.69) is 35.8 Å². The second kappa shape index (κ2) is 19.7. The molecule has 5 rings (SSSR count). The number of fused-ring (bicyclic) bond motifs is 1. The Morgan fingerprint density at radius 2 is 1.20 bits per heavy atom. The van der Waals surface area contributed by atoms with Gasteiger partial charge in [-0.05, 0) is 83.0 Å². The maximum Gasteiger partial charge on any atom is 1.00 e. The van der Waals surface area contributed by atoms with E-state index in [0.29, 0.717) is 18.2 Å². The van der Waals surface area contributed by atoms with Crippen molar-refractivity contribution in [1.29, 1.82) is 0 Å². The van der Waals surface area contributed by atoms with Crippen molar-refractivity contribution in [2.45, 2.75) is 19.6 Å². The molecule has 0 unspecified atom stereocenters. The van der Waals surface area contributed by atoms with Gasteiger partial charge in [0.1, 0.15) is 35.2 Å². The van der Waals surface area contributed by atoms with Gasteiger partial charge in [0.15, 0.2) is 0 Å². The monoisotopic (exact) mass is 875 g/mol. The van der Waals surface area contributed by atoms with Crippen molar-refractivity contribution in [2.75, 3.05) is 10.6 Å². The normalized spacial score (nSPS) is 11.8. The molecule has 0 aliphatic rings. The van der Waals surface area contributed by atoms with E-state index in [0.717, 1.165) is 36.4 Å². The van der Waals surface area contributed by atoms with Crippen LogP contribution in [0.1, 0.15) is 0 Å². The van der Waals surface area contributed by atoms with Gasteiger partial charge in [-0.3, -0.25) is 4.55 Å². The predicted octanol–water partition coefficient (Wildman–Crippen LogP) is -9.37. The zero-order chi connectivity index (χ0) is 36.8. The van der Waals surface area contributed by atoms with Crippen LogP contribution in [0.3, 0.4) is 0 Å². The Labute approximate surface area is 400 Å². The molecule has 1 aromatic heterocycles. The zero-order valence-electron chi connectivity index (χ0n) is 27.9. The second-order valence-electron chi connectivity index (χ2n) is 9.68. The summed E-state index contributed by atoms with van der Waals surface area (Å²) in [4.78, 5) is 8.22. The van der Waals surface area contributed by atoms with E-state index in [1.54, 1.807) is 0 Å². The fourth-order valence-electron chi connectivity index (χ4n) is 4.20. The summed E-state index contributed by atoms with van der Waals surface area (Å²) in [7, 11) is -20.3. The van der Waals surface area contributed by atoms with Gasteiger partial charge >= 0.3 is 118 Å². The molecule has 0 aliphatic heterocycles. The van der Waals surface area contributed by atoms with Crippen molar-refractivity contribution in [3.05, 3.63) is 72.0 Å². The van der Waals surface area contributed by atoms with E-state index in [-0.39, 0.29) is 136 Å². The molecule has 20 nitrogen and oxygen atoms in total. The van der Waals surface area contributed by atoms with Crippen LogP contribution in [0.4, 0.5) is 34.6 Å². The van der Waals surface area contributed by atoms with E-state index in [1.165, 1.54) is 12.1 Å². The molecule has 0 atom stereocenters. The van der Waals surface area contributed by atoms with E-state index in [4.69, 9.17) is 11.6 Å². The number of rotatable bonds is 10. The Morgan fingerprint density at radius 1 is 0.648 bits per heavy atom. The van der Waals surface area contributed by atoms with Gasteiger partial charge in [-0.2, -0.15) is 28.5 Å². The van der Waals surface area contributed by atoms with Gasteiger partial charge in [-0.15, -0.1) is 5.11 Å². The molecule has 1 heterocycles. The summed E-state index contributed by atoms with van der Waals surface area (Å²) in [5.74, 6) is -2.13. The van der Waals surface area contributed by atoms with Crippen molar-refractivity contribution < 1.29 is 175 Å². The Balaban J connectivity index is 0.00000364. The molecule has 0 saturated heterocycles. The van der Waals surface area contributed by atoms with Crippen LogP contribution >= 0.6 is 11.6 Å². The van der Waals surface area contributed by atoms with Crippen molar-refractivity contribution in [2.24, 2.45) is 10.2 Å². The number of anilines is 4. The summed E-state index contributed by atoms with van der Waals surface area (Å²) in [6, 6.07) is 10.2. The first-order valence-corrected chi connectivity index (χ1v) is 18.9. The van der Waals surface area contributed by atoms with Crippen LogP contribution in [0.25, 0.3) is 10.8 Å². The van der Waals surface area contributed by atoms with Crippen molar-refractivity contribution in [3.63, 3.8) is 0 Å². The molecule has 0 spiro atoms. The van der Waals surface area contributed by atoms with Crippen LogP contribution in [-0.4, -0.2) is 66.8 Å². The Bertz CT molecular complexity index is 2700. The minimum absolute atomic E-state index is 0. The Morgan fingerprint density at radius 3 is 1.74 bits per heavy atom. The number of halogens is 1. The number of azo groups is 1. The number of nitrogens with zero attached hydrogens (tertiary/aromatic N) is 5. The third-order valence-corrected chi connectivity index (χ3v) is 9.83. The van der Waals surface area contributed by atoms with Crippen LogP contribution < -0.4 is 134 Å². The molecule has 262 valence electrons. The van der Waals surface area contributed by atoms with Crippen molar-refractivity contribution >= 4 is 97.5 Å². The summed E-state index contributed by atoms with van der Waals surface area (Å²) in [6.45, 7) is 0. The summed E-state index contributed by atoms with van der Waals surface area (Å²) >= 11 is 6.01. The summed E-state index contributed by atoms with van der Waals surface area (Å²) in [6.07, 6.45) is 0. The molecule has 0 saturated carbocycles. The third-order valence-electron chi connectivity index (χ3n) is 6.30. The maximum absolute atomic E-state index is 13.8. The standard InChI is InChI=1S/C25H18ClN7O13S4.4Na/c26-23-29-24(27-13-4-6-15(7-5-13)47(35,36)37)31-25(30-23)28-18-11-17(49(41,42)43)8-12-9-19(50(44,45)46)21(22(34)20(12)18)33-32-14-2-1-3-16(10-14)48(38,39)40;;;;/h1-11,34H,(H,35,36,37)(H,38,39,40)(H,41,42,43)(H,44,45,46)(H2,27,28,29,30,31);;;;/q;4*+1/p-4. The summed E-state index contributed by atoms with van der Waals surface area (Å²) in [5.41, 5.74) is -1.77. The Kier molecular flexibility index (Phi) is 18.6. The van der Waals surface area contributed by atoms with E-state index >= 15 is 0 Å². The van der Waals surface area contributed by atoms with Crippen LogP contribution in [0.5, 0.6) is 5.75 Å². The summed E-state index contributed by atoms with van der Waals surface area (Å²) < 4.78 is 138. The molecule has 3 N–H and O–H groups in total. The third kappa shape index (κ3) is 12.8. The van der Waals surface area contributed by atoms with Gasteiger partial charge in [-0.25, -0.2) is 25.3 Å². The van der Waals surface area contributed by atoms with Crippen LogP contribution in [0, 0.1) is 0 Å². The first-order chi connectivity index (χ1) is 23.1. The largest absolute Gasteiger partial charge is 1.00 e. The van der Waals surface area contributed by atoms with Crippen molar-refractivity contribution in [1.82, 2.24) is 15.0 Å². The molecule has 4 aromatic carbocycles. The number of hydrogen-bond acceptors (Lipinski definition) is 19. The first kappa shape index (κ1) is 51.1. The van der Waals surface area contributed by atoms with Gasteiger partial charge in [0.25, 0.3) is 10.1 Å². The smallest absolute Gasteiger partial charge is 0.870 e. The molecule has 54 heavy (non-hydrogen) atoms. The van der Waals surface area contributed by atoms with Gasteiger partial charge in [0.2, 0.25) is 17.2 Å². The molecular weight excluding hydrogens is 862 g/mol. The Hall–Kier alpha value is -0.920. The summed E-state index contributed by atoms with van der Waals surface area (Å²) in [5, 5.41) is 24.5. The van der Waals surface area contributed by atoms with E-state index in [1.807, 2.05) is 0 Å². The molecular formula is C25H14ClN7Na4O13S4. The second-order valence-corrected chi connectivity index (χ2v) is 15.5. The van der Waals surface area contributed by atoms with Gasteiger partial charge in [0.05, 0.1) is 26.1 Å². The number of benzene rings is 4. The first-order valence-electron chi connectivity index (χ1n) is 12.8. The molecule has 5 aromatic rings. The minimum Gasteiger partial charge on any atom is -0.870 e. The average molecular weight is 876 g/mol. The number of nitrogens with one attached hydrogen (secondary N) is 2. The molecule has 29 heteroatoms. The van der Waals surface area contributed by atoms with Gasteiger partial charge in [0, 0.05) is 11.4 Å². The fourth-order valence-corrected chi connectivity index (χ4v) is 6.53. The van der Waals surface area contributed by atoms with Gasteiger partial charge < -0.3 is 29.4 Å². The SMILES string of the molecule is O=S(=O)([O-])c1ccc(Nc2nc(Cl)nc(Nc3cc(S(=O)(=O)[O-])cc4cc(S(=O)(=O)O)c(N=Nc5cccc(S(=O)(=O)[O-])c5)c([O-])c34)n2)cc1.[Na+].[Na+].[Na+].[Na+]. The van der Waals surface area contributed by atoms with Crippen LogP contribution in [0.2, 0.25) is 5.28 Å². The maximum atomic E-state index is 13.8. The van der Waals surface area contributed by atoms with E-state index < -0.39 is 99.2 Å². The number of hydrogen-bond donors (Lipinski definition) is 3. The van der Waals surface area contributed by atoms with Crippen molar-refractivity contribution in [3.8, 4) is 5.75 Å². The molecule has 0 bridgehead atoms. The quantitative estimate of drug-likeness (QED) is 0.0666. The predicted molar refractivity (Wildman–Crippen MR) is 166 cm³/mol. The minimum atomic E-state index is -5.31. The van der Waals surface area contributed by atoms with E-state index in [9.17, 15) is 57.0 Å². The molecule has 0 radical (unpaired) electrons. The molecule has 0 amide bonds. The van der Waals surface area contributed by atoms with Gasteiger partial charge in [-0.1, -0.05) is 11.8 Å². The van der Waals surface area contributed by atoms with Crippen LogP contribution in [-0.2, 0) is 40.5 Å².